The smallest absolute Gasteiger partial charge is 1.00 e. The molecule has 0 aliphatic heterocycles. The van der Waals surface area contributed by atoms with E-state index in [4.69, 9.17) is 0 Å². The van der Waals surface area contributed by atoms with Gasteiger partial charge in [-0.25, -0.2) is 0 Å². The van der Waals surface area contributed by atoms with Crippen molar-refractivity contribution in [1.29, 1.82) is 0 Å². The molecule has 0 saturated carbocycles. The SMILES string of the molecule is C1=CC[C]([V+][C]2=CC=CC2)=C1.C1=CC[C]([V+][C]2=CC=CC2)=C1.[Cl-].[Cl-]. The molecule has 0 fully saturated rings. The van der Waals surface area contributed by atoms with Crippen molar-refractivity contribution in [1.82, 2.24) is 0 Å². The Labute approximate surface area is 172 Å². The van der Waals surface area contributed by atoms with Gasteiger partial charge in [0.15, 0.2) is 0 Å². The van der Waals surface area contributed by atoms with Gasteiger partial charge in [-0.1, -0.05) is 0 Å². The third kappa shape index (κ3) is 7.28. The van der Waals surface area contributed by atoms with Crippen molar-refractivity contribution in [2.45, 2.75) is 25.7 Å². The van der Waals surface area contributed by atoms with Gasteiger partial charge in [0.2, 0.25) is 0 Å². The molecular formula is C20H20Cl2V2. The predicted molar refractivity (Wildman–Crippen MR) is 87.4 cm³/mol. The second kappa shape index (κ2) is 12.1. The summed E-state index contributed by atoms with van der Waals surface area (Å²) in [5.74, 6) is 0. The fourth-order valence-electron chi connectivity index (χ4n) is 2.44. The minimum Gasteiger partial charge on any atom is -1.00 e. The van der Waals surface area contributed by atoms with Crippen LogP contribution in [0.5, 0.6) is 0 Å². The average Bonchev–Trinajstić information content (AvgIpc) is 3.31. The Morgan fingerprint density at radius 3 is 0.875 bits per heavy atom. The molecule has 4 aliphatic carbocycles. The van der Waals surface area contributed by atoms with Crippen LogP contribution in [0.3, 0.4) is 0 Å². The standard InChI is InChI=1S/4C5H5.2ClH.2V/c4*1-2-4-5-3-1;;;;/h4*1-3H,4H2;2*1H;;/q;;;;;;2*+1/p-2. The molecule has 4 heteroatoms. The molecule has 0 saturated heterocycles. The number of hydrogen-bond acceptors (Lipinski definition) is 0. The zero-order valence-corrected chi connectivity index (χ0v) is 17.7. The minimum atomic E-state index is 0. The van der Waals surface area contributed by atoms with Crippen LogP contribution in [-0.2, 0) is 32.6 Å². The normalized spacial score (nSPS) is 18.7. The van der Waals surface area contributed by atoms with E-state index < -0.39 is 0 Å². The Balaban J connectivity index is 0.000000222. The second-order valence-corrected chi connectivity index (χ2v) is 9.67. The van der Waals surface area contributed by atoms with Crippen molar-refractivity contribution in [3.63, 3.8) is 0 Å². The van der Waals surface area contributed by atoms with Crippen molar-refractivity contribution >= 4 is 0 Å². The predicted octanol–water partition coefficient (Wildman–Crippen LogP) is -0.479. The van der Waals surface area contributed by atoms with Crippen LogP contribution in [0.4, 0.5) is 0 Å². The molecule has 0 spiro atoms. The van der Waals surface area contributed by atoms with Crippen molar-refractivity contribution < 1.29 is 57.4 Å². The first-order valence-electron chi connectivity index (χ1n) is 7.76. The van der Waals surface area contributed by atoms with Crippen molar-refractivity contribution in [3.8, 4) is 0 Å². The molecule has 0 aromatic heterocycles. The molecule has 0 N–H and O–H groups in total. The van der Waals surface area contributed by atoms with Crippen LogP contribution in [0.25, 0.3) is 0 Å². The van der Waals surface area contributed by atoms with Gasteiger partial charge in [0.25, 0.3) is 0 Å². The van der Waals surface area contributed by atoms with Crippen LogP contribution in [0.2, 0.25) is 0 Å². The maximum absolute atomic E-state index is 2.28. The summed E-state index contributed by atoms with van der Waals surface area (Å²) in [6, 6.07) is 0. The Morgan fingerprint density at radius 2 is 0.708 bits per heavy atom. The van der Waals surface area contributed by atoms with E-state index in [9.17, 15) is 0 Å². The Morgan fingerprint density at radius 1 is 0.458 bits per heavy atom. The van der Waals surface area contributed by atoms with Crippen LogP contribution < -0.4 is 24.8 Å². The van der Waals surface area contributed by atoms with E-state index in [1.807, 2.05) is 0 Å². The average molecular weight is 433 g/mol. The zero-order valence-electron chi connectivity index (χ0n) is 13.4. The van der Waals surface area contributed by atoms with Gasteiger partial charge in [-0.05, 0) is 0 Å². The zero-order chi connectivity index (χ0) is 15.0. The van der Waals surface area contributed by atoms with E-state index in [-0.39, 0.29) is 24.8 Å². The quantitative estimate of drug-likeness (QED) is 0.563. The Bertz CT molecular complexity index is 545. The van der Waals surface area contributed by atoms with Crippen molar-refractivity contribution in [2.75, 3.05) is 0 Å². The molecule has 0 atom stereocenters. The van der Waals surface area contributed by atoms with E-state index in [0.717, 1.165) is 0 Å². The number of rotatable bonds is 4. The fraction of sp³-hybridized carbons (Fsp3) is 0.200. The summed E-state index contributed by atoms with van der Waals surface area (Å²) >= 11 is 0.715. The summed E-state index contributed by atoms with van der Waals surface area (Å²) in [6.07, 6.45) is 31.6. The molecule has 4 rings (SSSR count). The third-order valence-electron chi connectivity index (χ3n) is 3.58. The molecule has 24 heavy (non-hydrogen) atoms. The molecule has 0 aromatic carbocycles. The Hall–Kier alpha value is -0.331. The van der Waals surface area contributed by atoms with Gasteiger partial charge in [-0.15, -0.1) is 0 Å². The molecule has 0 heterocycles. The first kappa shape index (κ1) is 21.7. The monoisotopic (exact) mass is 432 g/mol. The fourth-order valence-corrected chi connectivity index (χ4v) is 5.83. The van der Waals surface area contributed by atoms with Gasteiger partial charge >= 0.3 is 148 Å². The molecule has 0 radical (unpaired) electrons. The first-order valence-corrected chi connectivity index (χ1v) is 10.6. The van der Waals surface area contributed by atoms with Crippen LogP contribution >= 0.6 is 0 Å². The van der Waals surface area contributed by atoms with Gasteiger partial charge in [-0.3, -0.25) is 0 Å². The summed E-state index contributed by atoms with van der Waals surface area (Å²) in [5, 5.41) is 0. The summed E-state index contributed by atoms with van der Waals surface area (Å²) < 4.78 is 6.60. The summed E-state index contributed by atoms with van der Waals surface area (Å²) in [7, 11) is 0. The summed E-state index contributed by atoms with van der Waals surface area (Å²) in [4.78, 5) is 0. The number of allylic oxidation sites excluding steroid dienone is 16. The molecule has 124 valence electrons. The molecule has 0 nitrogen and oxygen atoms in total. The van der Waals surface area contributed by atoms with Gasteiger partial charge < -0.3 is 24.8 Å². The van der Waals surface area contributed by atoms with Crippen LogP contribution in [0.15, 0.2) is 90.1 Å². The summed E-state index contributed by atoms with van der Waals surface area (Å²) in [6.45, 7) is 0. The van der Waals surface area contributed by atoms with Gasteiger partial charge in [-0.2, -0.15) is 0 Å². The molecule has 0 bridgehead atoms. The van der Waals surface area contributed by atoms with Crippen LogP contribution in [0, 0.1) is 0 Å². The van der Waals surface area contributed by atoms with E-state index in [0.29, 0.717) is 32.6 Å². The van der Waals surface area contributed by atoms with Crippen molar-refractivity contribution in [3.05, 3.63) is 90.1 Å². The number of hydrogen-bond donors (Lipinski definition) is 0. The van der Waals surface area contributed by atoms with E-state index in [1.54, 1.807) is 17.1 Å². The van der Waals surface area contributed by atoms with Gasteiger partial charge in [0, 0.05) is 0 Å². The van der Waals surface area contributed by atoms with Crippen LogP contribution in [0.1, 0.15) is 25.7 Å². The van der Waals surface area contributed by atoms with Crippen molar-refractivity contribution in [2.24, 2.45) is 0 Å². The molecular weight excluding hydrogens is 413 g/mol. The second-order valence-electron chi connectivity index (χ2n) is 5.38. The first-order chi connectivity index (χ1) is 10.9. The van der Waals surface area contributed by atoms with Gasteiger partial charge in [0.05, 0.1) is 0 Å². The molecule has 0 amide bonds. The van der Waals surface area contributed by atoms with Gasteiger partial charge in [0.1, 0.15) is 0 Å². The van der Waals surface area contributed by atoms with E-state index in [2.05, 4.69) is 72.9 Å². The third-order valence-corrected chi connectivity index (χ3v) is 7.45. The molecule has 0 unspecified atom stereocenters. The molecule has 4 aliphatic rings. The van der Waals surface area contributed by atoms with Crippen LogP contribution in [-0.4, -0.2) is 0 Å². The summed E-state index contributed by atoms with van der Waals surface area (Å²) in [5.41, 5.74) is 0. The van der Waals surface area contributed by atoms with E-state index >= 15 is 0 Å². The number of halogens is 2. The maximum atomic E-state index is 2.28. The largest absolute Gasteiger partial charge is 1.00 e. The minimum absolute atomic E-state index is 0. The molecule has 0 aromatic rings. The maximum Gasteiger partial charge on any atom is -1.00 e. The Kier molecular flexibility index (Phi) is 10.9. The van der Waals surface area contributed by atoms with E-state index in [1.165, 1.54) is 25.7 Å². The topological polar surface area (TPSA) is 0 Å².